The number of carbonyl (C=O) groups excluding carboxylic acids is 6. The first-order valence-corrected chi connectivity index (χ1v) is 18.8. The van der Waals surface area contributed by atoms with Crippen molar-refractivity contribution in [2.45, 2.75) is 120 Å². The number of nitrogens with one attached hydrogen (secondary N) is 2. The lowest BCUT2D eigenvalue weighted by atomic mass is 9.92. The Labute approximate surface area is 319 Å². The molecule has 0 spiro atoms. The predicted octanol–water partition coefficient (Wildman–Crippen LogP) is 2.92. The number of Topliss-reactive ketones (excluding diaryl/α,β-unsaturated/α-hetero) is 2. The summed E-state index contributed by atoms with van der Waals surface area (Å²) < 4.78 is 15.3. The van der Waals surface area contributed by atoms with Gasteiger partial charge in [0.15, 0.2) is 5.78 Å². The highest BCUT2D eigenvalue weighted by molar-refractivity contribution is 5.82. The van der Waals surface area contributed by atoms with Gasteiger partial charge in [0, 0.05) is 43.3 Å². The van der Waals surface area contributed by atoms with Gasteiger partial charge in [0.2, 0.25) is 23.6 Å². The number of likely N-dealkylation sites (tertiary alicyclic amines) is 1. The van der Waals surface area contributed by atoms with E-state index in [9.17, 15) is 28.8 Å². The van der Waals surface area contributed by atoms with Crippen LogP contribution in [0.5, 0.6) is 0 Å². The summed E-state index contributed by atoms with van der Waals surface area (Å²) in [7, 11) is 1.57. The number of primary amides is 1. The number of nitrogens with zero attached hydrogens (tertiary/aromatic N) is 2. The van der Waals surface area contributed by atoms with E-state index >= 15 is 0 Å². The quantitative estimate of drug-likeness (QED) is 0.109. The third kappa shape index (κ3) is 30.1. The second-order valence-electron chi connectivity index (χ2n) is 15.5. The van der Waals surface area contributed by atoms with Gasteiger partial charge in [-0.25, -0.2) is 5.06 Å². The molecule has 53 heavy (non-hydrogen) atoms. The molecule has 1 aliphatic heterocycles. The summed E-state index contributed by atoms with van der Waals surface area (Å²) in [6, 6.07) is 0.302. The lowest BCUT2D eigenvalue weighted by Gasteiger charge is -2.31. The second-order valence-corrected chi connectivity index (χ2v) is 15.5. The Hall–Kier alpha value is -2.98. The van der Waals surface area contributed by atoms with Crippen molar-refractivity contribution >= 4 is 35.2 Å². The smallest absolute Gasteiger partial charge is 0.248 e. The summed E-state index contributed by atoms with van der Waals surface area (Å²) >= 11 is 0. The Bertz CT molecular complexity index is 1090. The van der Waals surface area contributed by atoms with Gasteiger partial charge in [-0.3, -0.25) is 38.5 Å². The number of hydrogen-bond donors (Lipinski definition) is 3. The van der Waals surface area contributed by atoms with Gasteiger partial charge in [-0.1, -0.05) is 41.5 Å². The van der Waals surface area contributed by atoms with Crippen molar-refractivity contribution in [3.63, 3.8) is 0 Å². The Morgan fingerprint density at radius 3 is 1.68 bits per heavy atom. The van der Waals surface area contributed by atoms with Gasteiger partial charge in [0.05, 0.1) is 25.4 Å². The SMILES string of the molecule is CC(C)C(=O)COCCOCC(N)=O.CC(C)NC(=O)CC1CCN(CC(=O)C(C)C)CC1.CC(C)NC(=O)COC(C)(C)CON(C)C(=O)C(C)C. The molecule has 1 rings (SSSR count). The lowest BCUT2D eigenvalue weighted by molar-refractivity contribution is -0.203. The molecule has 15 heteroatoms. The average molecular weight is 760 g/mol. The summed E-state index contributed by atoms with van der Waals surface area (Å²) in [5.74, 6) is 0.213. The Morgan fingerprint density at radius 1 is 0.736 bits per heavy atom. The van der Waals surface area contributed by atoms with Crippen molar-refractivity contribution in [1.82, 2.24) is 20.6 Å². The first-order valence-electron chi connectivity index (χ1n) is 18.8. The molecule has 1 saturated heterocycles. The van der Waals surface area contributed by atoms with Crippen molar-refractivity contribution in [1.29, 1.82) is 0 Å². The molecule has 0 aromatic rings. The molecule has 0 unspecified atom stereocenters. The van der Waals surface area contributed by atoms with Crippen LogP contribution < -0.4 is 16.4 Å². The summed E-state index contributed by atoms with van der Waals surface area (Å²) in [5, 5.41) is 6.90. The van der Waals surface area contributed by atoms with Crippen LogP contribution in [0.25, 0.3) is 0 Å². The standard InChI is InChI=1S/C15H28N2O2.C14H28N2O4.C9H17NO4/c1-11(2)14(18)10-17-7-5-13(6-8-17)9-15(19)16-12(3)4;1-10(2)13(18)16(7)20-9-14(5,6)19-8-12(17)15-11(3)4;1-7(2)8(11)5-13-3-4-14-6-9(10)12/h11-13H,5-10H2,1-4H3,(H,16,19);10-11H,8-9H2,1-7H3,(H,15,17);7H,3-6H2,1-2H3,(H2,10,12). The van der Waals surface area contributed by atoms with Crippen molar-refractivity contribution in [2.75, 3.05) is 66.3 Å². The average Bonchev–Trinajstić information content (AvgIpc) is 3.04. The highest BCUT2D eigenvalue weighted by Crippen LogP contribution is 2.20. The van der Waals surface area contributed by atoms with E-state index in [0.717, 1.165) is 25.9 Å². The number of piperidine rings is 1. The number of amides is 4. The number of rotatable bonds is 22. The topological polar surface area (TPSA) is 196 Å². The van der Waals surface area contributed by atoms with Crippen LogP contribution >= 0.6 is 0 Å². The van der Waals surface area contributed by atoms with Crippen LogP contribution in [-0.2, 0) is 47.8 Å². The molecule has 310 valence electrons. The van der Waals surface area contributed by atoms with Gasteiger partial charge in [-0.15, -0.1) is 0 Å². The summed E-state index contributed by atoms with van der Waals surface area (Å²) in [4.78, 5) is 75.4. The minimum atomic E-state index is -0.653. The van der Waals surface area contributed by atoms with Gasteiger partial charge in [-0.05, 0) is 73.4 Å². The molecule has 0 aromatic heterocycles. The molecular formula is C38H73N5O10. The number of carbonyl (C=O) groups is 6. The van der Waals surface area contributed by atoms with Crippen molar-refractivity contribution < 1.29 is 47.8 Å². The summed E-state index contributed by atoms with van der Waals surface area (Å²) in [6.07, 6.45) is 2.68. The monoisotopic (exact) mass is 760 g/mol. The predicted molar refractivity (Wildman–Crippen MR) is 204 cm³/mol. The van der Waals surface area contributed by atoms with Crippen molar-refractivity contribution in [3.05, 3.63) is 0 Å². The minimum Gasteiger partial charge on any atom is -0.371 e. The molecule has 0 aromatic carbocycles. The van der Waals surface area contributed by atoms with Crippen LogP contribution in [0.15, 0.2) is 0 Å². The van der Waals surface area contributed by atoms with Crippen LogP contribution in [0.3, 0.4) is 0 Å². The summed E-state index contributed by atoms with van der Waals surface area (Å²) in [5.41, 5.74) is 4.18. The number of ether oxygens (including phenoxy) is 3. The van der Waals surface area contributed by atoms with Crippen LogP contribution in [0.2, 0.25) is 0 Å². The van der Waals surface area contributed by atoms with Gasteiger partial charge in [-0.2, -0.15) is 0 Å². The van der Waals surface area contributed by atoms with Gasteiger partial charge >= 0.3 is 0 Å². The molecule has 0 bridgehead atoms. The fourth-order valence-corrected chi connectivity index (χ4v) is 4.37. The fraction of sp³-hybridized carbons (Fsp3) is 0.842. The van der Waals surface area contributed by atoms with Gasteiger partial charge in [0.25, 0.3) is 0 Å². The van der Waals surface area contributed by atoms with E-state index in [4.69, 9.17) is 24.8 Å². The molecule has 0 saturated carbocycles. The Kier molecular flexibility index (Phi) is 28.0. The van der Waals surface area contributed by atoms with E-state index in [-0.39, 0.29) is 86.4 Å². The zero-order chi connectivity index (χ0) is 41.3. The first kappa shape index (κ1) is 52.1. The van der Waals surface area contributed by atoms with E-state index in [1.54, 1.807) is 20.9 Å². The molecule has 0 radical (unpaired) electrons. The normalized spacial score (nSPS) is 13.7. The Morgan fingerprint density at radius 2 is 1.23 bits per heavy atom. The van der Waals surface area contributed by atoms with Crippen molar-refractivity contribution in [2.24, 2.45) is 29.4 Å². The third-order valence-electron chi connectivity index (χ3n) is 7.61. The highest BCUT2D eigenvalue weighted by atomic mass is 16.7. The molecule has 0 aliphatic carbocycles. The molecule has 1 fully saturated rings. The maximum Gasteiger partial charge on any atom is 0.248 e. The molecule has 4 N–H and O–H groups in total. The highest BCUT2D eigenvalue weighted by Gasteiger charge is 2.25. The second kappa shape index (κ2) is 28.5. The third-order valence-corrected chi connectivity index (χ3v) is 7.61. The largest absolute Gasteiger partial charge is 0.371 e. The van der Waals surface area contributed by atoms with Gasteiger partial charge < -0.3 is 30.6 Å². The zero-order valence-corrected chi connectivity index (χ0v) is 35.0. The fourth-order valence-electron chi connectivity index (χ4n) is 4.37. The number of hydroxylamine groups is 2. The van der Waals surface area contributed by atoms with E-state index in [1.165, 1.54) is 5.06 Å². The molecule has 4 amide bonds. The van der Waals surface area contributed by atoms with Crippen LogP contribution in [0, 0.1) is 23.7 Å². The Balaban J connectivity index is 0. The van der Waals surface area contributed by atoms with Crippen LogP contribution in [0.4, 0.5) is 0 Å². The van der Waals surface area contributed by atoms with Crippen LogP contribution in [-0.4, -0.2) is 129 Å². The molecule has 15 nitrogen and oxygen atoms in total. The molecular weight excluding hydrogens is 686 g/mol. The summed E-state index contributed by atoms with van der Waals surface area (Å²) in [6.45, 7) is 25.7. The molecule has 1 aliphatic rings. The first-order chi connectivity index (χ1) is 24.5. The van der Waals surface area contributed by atoms with Gasteiger partial charge in [0.1, 0.15) is 32.2 Å². The van der Waals surface area contributed by atoms with E-state index in [2.05, 4.69) is 15.5 Å². The zero-order valence-electron chi connectivity index (χ0n) is 35.0. The maximum atomic E-state index is 11.7. The number of nitrogens with two attached hydrogens (primary N) is 1. The maximum absolute atomic E-state index is 11.7. The van der Waals surface area contributed by atoms with E-state index in [1.807, 2.05) is 69.2 Å². The lowest BCUT2D eigenvalue weighted by Crippen LogP contribution is -2.41. The van der Waals surface area contributed by atoms with Crippen molar-refractivity contribution in [3.8, 4) is 0 Å². The number of hydrogen-bond acceptors (Lipinski definition) is 11. The number of ketones is 2. The molecule has 1 heterocycles. The van der Waals surface area contributed by atoms with E-state index < -0.39 is 11.5 Å². The van der Waals surface area contributed by atoms with E-state index in [0.29, 0.717) is 31.3 Å². The molecule has 0 atom stereocenters. The minimum absolute atomic E-state index is 0.0125. The van der Waals surface area contributed by atoms with Crippen LogP contribution in [0.1, 0.15) is 102 Å².